The molecule has 0 saturated heterocycles. The van der Waals surface area contributed by atoms with Gasteiger partial charge in [0.1, 0.15) is 0 Å². The van der Waals surface area contributed by atoms with E-state index in [1.54, 1.807) is 0 Å². The van der Waals surface area contributed by atoms with Crippen molar-refractivity contribution in [3.05, 3.63) is 12.7 Å². The molecule has 0 heterocycles. The number of hydrogen-bond acceptors (Lipinski definition) is 2. The predicted molar refractivity (Wildman–Crippen MR) is 35.8 cm³/mol. The van der Waals surface area contributed by atoms with Gasteiger partial charge in [0, 0.05) is 0 Å². The molecule has 0 aliphatic rings. The lowest BCUT2D eigenvalue weighted by molar-refractivity contribution is -0.159. The van der Waals surface area contributed by atoms with E-state index in [0.29, 0.717) is 0 Å². The molecule has 0 amide bonds. The standard InChI is InChI=1S/C4H8.C2H2O4/c1-3-4-2;3-1(4)2(5)6/h3H,1,4H2,2H3;(H,3,4)(H,5,6). The molecule has 10 heavy (non-hydrogen) atoms. The van der Waals surface area contributed by atoms with E-state index in [1.165, 1.54) is 0 Å². The first-order chi connectivity index (χ1) is 4.56. The number of hydrogen-bond donors (Lipinski definition) is 2. The zero-order chi connectivity index (χ0) is 8.57. The van der Waals surface area contributed by atoms with Crippen LogP contribution in [0.1, 0.15) is 13.3 Å². The third-order valence-corrected chi connectivity index (χ3v) is 0.472. The second-order valence-electron chi connectivity index (χ2n) is 1.31. The van der Waals surface area contributed by atoms with Crippen LogP contribution in [0.4, 0.5) is 0 Å². The van der Waals surface area contributed by atoms with Crippen LogP contribution in [0.5, 0.6) is 0 Å². The van der Waals surface area contributed by atoms with Crippen molar-refractivity contribution in [2.75, 3.05) is 0 Å². The van der Waals surface area contributed by atoms with E-state index in [4.69, 9.17) is 19.8 Å². The Labute approximate surface area is 58.8 Å². The zero-order valence-electron chi connectivity index (χ0n) is 5.70. The summed E-state index contributed by atoms with van der Waals surface area (Å²) < 4.78 is 0. The molecule has 58 valence electrons. The van der Waals surface area contributed by atoms with Gasteiger partial charge in [-0.1, -0.05) is 13.0 Å². The normalized spacial score (nSPS) is 6.90. The molecule has 0 saturated carbocycles. The van der Waals surface area contributed by atoms with Crippen LogP contribution in [0.15, 0.2) is 12.7 Å². The lowest BCUT2D eigenvalue weighted by Gasteiger charge is -1.72. The Morgan fingerprint density at radius 1 is 1.40 bits per heavy atom. The zero-order valence-corrected chi connectivity index (χ0v) is 5.70. The van der Waals surface area contributed by atoms with Crippen LogP contribution in [0.3, 0.4) is 0 Å². The molecular formula is C6H10O4. The molecule has 0 bridgehead atoms. The molecule has 0 aromatic carbocycles. The van der Waals surface area contributed by atoms with Crippen molar-refractivity contribution in [2.45, 2.75) is 13.3 Å². The molecule has 0 fully saturated rings. The number of aliphatic carboxylic acids is 2. The van der Waals surface area contributed by atoms with E-state index >= 15 is 0 Å². The van der Waals surface area contributed by atoms with E-state index in [1.807, 2.05) is 6.08 Å². The summed E-state index contributed by atoms with van der Waals surface area (Å²) in [4.78, 5) is 18.2. The largest absolute Gasteiger partial charge is 0.473 e. The number of carboxylic acids is 2. The molecule has 0 aliphatic heterocycles. The van der Waals surface area contributed by atoms with Gasteiger partial charge < -0.3 is 10.2 Å². The van der Waals surface area contributed by atoms with E-state index in [-0.39, 0.29) is 0 Å². The van der Waals surface area contributed by atoms with E-state index in [2.05, 4.69) is 13.5 Å². The topological polar surface area (TPSA) is 74.6 Å². The highest BCUT2D eigenvalue weighted by Crippen LogP contribution is 1.66. The van der Waals surface area contributed by atoms with E-state index < -0.39 is 11.9 Å². The third-order valence-electron chi connectivity index (χ3n) is 0.472. The summed E-state index contributed by atoms with van der Waals surface area (Å²) in [6.45, 7) is 5.54. The smallest absolute Gasteiger partial charge is 0.414 e. The van der Waals surface area contributed by atoms with Gasteiger partial charge in [0.05, 0.1) is 0 Å². The Balaban J connectivity index is 0. The quantitative estimate of drug-likeness (QED) is 0.422. The van der Waals surface area contributed by atoms with Gasteiger partial charge >= 0.3 is 11.9 Å². The van der Waals surface area contributed by atoms with Crippen LogP contribution in [0.2, 0.25) is 0 Å². The molecule has 2 N–H and O–H groups in total. The van der Waals surface area contributed by atoms with Gasteiger partial charge in [-0.3, -0.25) is 0 Å². The van der Waals surface area contributed by atoms with Gasteiger partial charge in [-0.25, -0.2) is 9.59 Å². The van der Waals surface area contributed by atoms with E-state index in [0.717, 1.165) is 6.42 Å². The molecule has 4 heteroatoms. The van der Waals surface area contributed by atoms with Crippen LogP contribution in [-0.2, 0) is 9.59 Å². The van der Waals surface area contributed by atoms with Gasteiger partial charge in [-0.2, -0.15) is 0 Å². The molecule has 0 aromatic rings. The van der Waals surface area contributed by atoms with Crippen molar-refractivity contribution >= 4 is 11.9 Å². The highest BCUT2D eigenvalue weighted by molar-refractivity contribution is 6.27. The Hall–Kier alpha value is -1.32. The first kappa shape index (κ1) is 11.5. The van der Waals surface area contributed by atoms with Crippen LogP contribution in [-0.4, -0.2) is 22.2 Å². The lowest BCUT2D eigenvalue weighted by Crippen LogP contribution is -2.09. The minimum Gasteiger partial charge on any atom is -0.473 e. The fourth-order valence-electron chi connectivity index (χ4n) is 0. The average molecular weight is 146 g/mol. The van der Waals surface area contributed by atoms with Gasteiger partial charge in [0.25, 0.3) is 0 Å². The van der Waals surface area contributed by atoms with Gasteiger partial charge in [0.15, 0.2) is 0 Å². The number of allylic oxidation sites excluding steroid dienone is 1. The third kappa shape index (κ3) is 15.9. The van der Waals surface area contributed by atoms with Crippen molar-refractivity contribution in [2.24, 2.45) is 0 Å². The summed E-state index contributed by atoms with van der Waals surface area (Å²) >= 11 is 0. The Morgan fingerprint density at radius 2 is 1.60 bits per heavy atom. The predicted octanol–water partition coefficient (Wildman–Crippen LogP) is 0.738. The van der Waals surface area contributed by atoms with Crippen molar-refractivity contribution < 1.29 is 19.8 Å². The highest BCUT2D eigenvalue weighted by Gasteiger charge is 2.04. The molecule has 4 nitrogen and oxygen atoms in total. The van der Waals surface area contributed by atoms with Gasteiger partial charge in [-0.05, 0) is 6.42 Å². The first-order valence-electron chi connectivity index (χ1n) is 2.63. The molecule has 0 aliphatic carbocycles. The first-order valence-corrected chi connectivity index (χ1v) is 2.63. The Kier molecular flexibility index (Phi) is 8.81. The lowest BCUT2D eigenvalue weighted by atomic mass is 10.5. The number of carboxylic acid groups (broad SMARTS) is 2. The minimum atomic E-state index is -1.82. The van der Waals surface area contributed by atoms with Gasteiger partial charge in [0.2, 0.25) is 0 Å². The SMILES string of the molecule is C=CCC.O=C(O)C(=O)O. The molecule has 0 spiro atoms. The average Bonchev–Trinajstić information content (AvgIpc) is 1.89. The van der Waals surface area contributed by atoms with Crippen LogP contribution in [0.25, 0.3) is 0 Å². The molecule has 0 atom stereocenters. The summed E-state index contributed by atoms with van der Waals surface area (Å²) in [5.74, 6) is -3.65. The summed E-state index contributed by atoms with van der Waals surface area (Å²) in [7, 11) is 0. The summed E-state index contributed by atoms with van der Waals surface area (Å²) in [5.41, 5.74) is 0. The summed E-state index contributed by atoms with van der Waals surface area (Å²) in [6.07, 6.45) is 2.96. The second-order valence-corrected chi connectivity index (χ2v) is 1.31. The molecular weight excluding hydrogens is 136 g/mol. The minimum absolute atomic E-state index is 1.08. The monoisotopic (exact) mass is 146 g/mol. The van der Waals surface area contributed by atoms with Gasteiger partial charge in [-0.15, -0.1) is 6.58 Å². The Bertz CT molecular complexity index is 116. The fraction of sp³-hybridized carbons (Fsp3) is 0.333. The highest BCUT2D eigenvalue weighted by atomic mass is 16.4. The molecule has 0 aromatic heterocycles. The fourth-order valence-corrected chi connectivity index (χ4v) is 0. The van der Waals surface area contributed by atoms with Crippen LogP contribution < -0.4 is 0 Å². The maximum atomic E-state index is 9.10. The van der Waals surface area contributed by atoms with Crippen molar-refractivity contribution in [3.63, 3.8) is 0 Å². The maximum Gasteiger partial charge on any atom is 0.414 e. The Morgan fingerprint density at radius 3 is 1.60 bits per heavy atom. The van der Waals surface area contributed by atoms with Crippen molar-refractivity contribution in [1.29, 1.82) is 0 Å². The van der Waals surface area contributed by atoms with Crippen molar-refractivity contribution in [1.82, 2.24) is 0 Å². The number of carbonyl (C=O) groups is 2. The molecule has 0 radical (unpaired) electrons. The summed E-state index contributed by atoms with van der Waals surface area (Å²) in [5, 5.41) is 14.8. The van der Waals surface area contributed by atoms with E-state index in [9.17, 15) is 0 Å². The second kappa shape index (κ2) is 7.68. The van der Waals surface area contributed by atoms with Crippen LogP contribution >= 0.6 is 0 Å². The number of rotatable bonds is 1. The molecule has 0 rings (SSSR count). The molecule has 0 unspecified atom stereocenters. The summed E-state index contributed by atoms with van der Waals surface area (Å²) in [6, 6.07) is 0. The van der Waals surface area contributed by atoms with Crippen molar-refractivity contribution in [3.8, 4) is 0 Å². The maximum absolute atomic E-state index is 9.10. The van der Waals surface area contributed by atoms with Crippen LogP contribution in [0, 0.1) is 0 Å².